The quantitative estimate of drug-likeness (QED) is 0.436. The third-order valence-corrected chi connectivity index (χ3v) is 5.00. The zero-order chi connectivity index (χ0) is 14.0. The monoisotopic (exact) mass is 264 g/mol. The zero-order valence-corrected chi connectivity index (χ0v) is 12.6. The molecular weight excluding hydrogens is 244 g/mol. The molecule has 0 radical (unpaired) electrons. The maximum atomic E-state index is 2.44. The molecule has 0 spiro atoms. The van der Waals surface area contributed by atoms with Gasteiger partial charge in [0.05, 0.1) is 10.8 Å². The highest BCUT2D eigenvalue weighted by Crippen LogP contribution is 2.28. The fourth-order valence-corrected chi connectivity index (χ4v) is 3.55. The molecule has 0 amide bonds. The lowest BCUT2D eigenvalue weighted by atomic mass is 9.98. The Bertz CT molecular complexity index is 817. The van der Waals surface area contributed by atoms with E-state index >= 15 is 0 Å². The van der Waals surface area contributed by atoms with Gasteiger partial charge in [-0.05, 0) is 51.0 Å². The largest absolute Gasteiger partial charge is 0.285 e. The van der Waals surface area contributed by atoms with Gasteiger partial charge in [-0.2, -0.15) is 9.13 Å². The minimum atomic E-state index is 1.07. The van der Waals surface area contributed by atoms with Crippen LogP contribution in [0.1, 0.15) is 22.3 Å². The lowest BCUT2D eigenvalue weighted by Crippen LogP contribution is -2.51. The molecule has 4 rings (SSSR count). The molecule has 1 aliphatic rings. The first-order chi connectivity index (χ1) is 9.58. The Hall–Kier alpha value is -1.96. The molecule has 0 N–H and O–H groups in total. The van der Waals surface area contributed by atoms with Crippen LogP contribution in [0.2, 0.25) is 0 Å². The summed E-state index contributed by atoms with van der Waals surface area (Å²) in [7, 11) is 0. The Morgan fingerprint density at radius 1 is 0.700 bits per heavy atom. The predicted octanol–water partition coefficient (Wildman–Crippen LogP) is 2.82. The van der Waals surface area contributed by atoms with Crippen LogP contribution in [-0.2, 0) is 13.1 Å². The third kappa shape index (κ3) is 1.34. The summed E-state index contributed by atoms with van der Waals surface area (Å²) in [6.07, 6.45) is 4.63. The van der Waals surface area contributed by atoms with E-state index in [9.17, 15) is 0 Å². The first-order valence-electron chi connectivity index (χ1n) is 7.33. The predicted molar refractivity (Wildman–Crippen MR) is 80.8 cm³/mol. The molecule has 20 heavy (non-hydrogen) atoms. The summed E-state index contributed by atoms with van der Waals surface area (Å²) < 4.78 is 4.88. The Kier molecular flexibility index (Phi) is 2.24. The third-order valence-electron chi connectivity index (χ3n) is 5.00. The summed E-state index contributed by atoms with van der Waals surface area (Å²) in [5.74, 6) is 0. The van der Waals surface area contributed by atoms with E-state index in [0.717, 1.165) is 13.1 Å². The van der Waals surface area contributed by atoms with Gasteiger partial charge in [-0.3, -0.25) is 0 Å². The van der Waals surface area contributed by atoms with Crippen molar-refractivity contribution in [2.75, 3.05) is 0 Å². The van der Waals surface area contributed by atoms with Gasteiger partial charge >= 0.3 is 0 Å². The minimum absolute atomic E-state index is 1.07. The van der Waals surface area contributed by atoms with E-state index in [0.29, 0.717) is 0 Å². The van der Waals surface area contributed by atoms with Crippen LogP contribution in [0.15, 0.2) is 24.5 Å². The van der Waals surface area contributed by atoms with E-state index in [4.69, 9.17) is 0 Å². The number of nitrogens with zero attached hydrogens (tertiary/aromatic N) is 2. The van der Waals surface area contributed by atoms with Gasteiger partial charge in [-0.15, -0.1) is 0 Å². The Morgan fingerprint density at radius 3 is 1.50 bits per heavy atom. The van der Waals surface area contributed by atoms with Gasteiger partial charge < -0.3 is 0 Å². The lowest BCUT2D eigenvalue weighted by molar-refractivity contribution is -0.772. The van der Waals surface area contributed by atoms with Gasteiger partial charge in [0.15, 0.2) is 12.4 Å². The Labute approximate surface area is 119 Å². The van der Waals surface area contributed by atoms with E-state index in [1.165, 1.54) is 44.1 Å². The van der Waals surface area contributed by atoms with Gasteiger partial charge in [-0.25, -0.2) is 0 Å². The second-order valence-corrected chi connectivity index (χ2v) is 6.12. The standard InChI is InChI=1S/C18H20N2/c1-11-9-19-7-8-20-10-12(2)14(4)16-6-5-15(13(11)3)17(19)18(16)20/h5-6,9-10H,7-8H2,1-4H3/q+2. The van der Waals surface area contributed by atoms with Crippen molar-refractivity contribution in [1.29, 1.82) is 0 Å². The average molecular weight is 264 g/mol. The number of aryl methyl sites for hydroxylation is 6. The van der Waals surface area contributed by atoms with Crippen molar-refractivity contribution in [1.82, 2.24) is 0 Å². The van der Waals surface area contributed by atoms with Gasteiger partial charge in [0.25, 0.3) is 11.0 Å². The molecule has 100 valence electrons. The fourth-order valence-electron chi connectivity index (χ4n) is 3.55. The maximum Gasteiger partial charge on any atom is 0.285 e. The molecule has 2 aromatic heterocycles. The van der Waals surface area contributed by atoms with Crippen molar-refractivity contribution in [2.45, 2.75) is 40.8 Å². The second-order valence-electron chi connectivity index (χ2n) is 6.12. The van der Waals surface area contributed by atoms with E-state index < -0.39 is 0 Å². The van der Waals surface area contributed by atoms with Crippen LogP contribution in [0.5, 0.6) is 0 Å². The van der Waals surface area contributed by atoms with Crippen LogP contribution in [0.4, 0.5) is 0 Å². The van der Waals surface area contributed by atoms with Gasteiger partial charge in [-0.1, -0.05) is 0 Å². The van der Waals surface area contributed by atoms with Crippen molar-refractivity contribution in [3.8, 4) is 0 Å². The summed E-state index contributed by atoms with van der Waals surface area (Å²) in [5, 5.41) is 2.79. The highest BCUT2D eigenvalue weighted by Gasteiger charge is 2.30. The van der Waals surface area contributed by atoms with Crippen LogP contribution in [0, 0.1) is 27.7 Å². The molecule has 0 bridgehead atoms. The second kappa shape index (κ2) is 3.78. The molecule has 2 nitrogen and oxygen atoms in total. The van der Waals surface area contributed by atoms with Gasteiger partial charge in [0.1, 0.15) is 0 Å². The summed E-state index contributed by atoms with van der Waals surface area (Å²) in [5.41, 5.74) is 8.39. The van der Waals surface area contributed by atoms with Crippen molar-refractivity contribution < 1.29 is 9.13 Å². The highest BCUT2D eigenvalue weighted by molar-refractivity contribution is 6.01. The minimum Gasteiger partial charge on any atom is -0.186 e. The molecule has 0 unspecified atom stereocenters. The number of rotatable bonds is 0. The summed E-state index contributed by atoms with van der Waals surface area (Å²) in [4.78, 5) is 0. The molecule has 0 atom stereocenters. The van der Waals surface area contributed by atoms with Gasteiger partial charge in [0, 0.05) is 11.1 Å². The molecular formula is C18H20N2+2. The van der Waals surface area contributed by atoms with Crippen molar-refractivity contribution >= 4 is 21.8 Å². The summed E-state index contributed by atoms with van der Waals surface area (Å²) in [6.45, 7) is 11.0. The van der Waals surface area contributed by atoms with E-state index in [2.05, 4.69) is 61.4 Å². The van der Waals surface area contributed by atoms with Crippen LogP contribution in [0.25, 0.3) is 21.8 Å². The molecule has 3 heterocycles. The first kappa shape index (κ1) is 11.8. The fraction of sp³-hybridized carbons (Fsp3) is 0.333. The normalized spacial score (nSPS) is 13.6. The maximum absolute atomic E-state index is 2.44. The molecule has 3 aromatic rings. The van der Waals surface area contributed by atoms with Crippen molar-refractivity contribution in [3.63, 3.8) is 0 Å². The molecule has 2 heteroatoms. The topological polar surface area (TPSA) is 7.76 Å². The summed E-state index contributed by atoms with van der Waals surface area (Å²) in [6, 6.07) is 4.61. The van der Waals surface area contributed by atoms with Crippen molar-refractivity contribution in [2.24, 2.45) is 0 Å². The molecule has 1 aromatic carbocycles. The molecule has 0 saturated carbocycles. The molecule has 1 aliphatic heterocycles. The highest BCUT2D eigenvalue weighted by atomic mass is 15.1. The smallest absolute Gasteiger partial charge is 0.186 e. The average Bonchev–Trinajstić information content (AvgIpc) is 2.44. The molecule has 0 fully saturated rings. The van der Waals surface area contributed by atoms with Gasteiger partial charge in [0.2, 0.25) is 13.1 Å². The SMILES string of the molecule is Cc1c[n+]2c3c(ccc4c(C)c(C)c[n+](c43)CC2)c1C. The zero-order valence-electron chi connectivity index (χ0n) is 12.6. The van der Waals surface area contributed by atoms with E-state index in [1.807, 2.05) is 0 Å². The van der Waals surface area contributed by atoms with Crippen LogP contribution < -0.4 is 9.13 Å². The van der Waals surface area contributed by atoms with Crippen molar-refractivity contribution in [3.05, 3.63) is 46.8 Å². The van der Waals surface area contributed by atoms with E-state index in [1.54, 1.807) is 0 Å². The van der Waals surface area contributed by atoms with Crippen LogP contribution in [-0.4, -0.2) is 0 Å². The van der Waals surface area contributed by atoms with E-state index in [-0.39, 0.29) is 0 Å². The number of aromatic nitrogens is 2. The first-order valence-corrected chi connectivity index (χ1v) is 7.33. The number of hydrogen-bond donors (Lipinski definition) is 0. The number of hydrogen-bond acceptors (Lipinski definition) is 0. The molecule has 0 saturated heterocycles. The summed E-state index contributed by atoms with van der Waals surface area (Å²) >= 11 is 0. The Balaban J connectivity index is 2.35. The van der Waals surface area contributed by atoms with Crippen LogP contribution in [0.3, 0.4) is 0 Å². The lowest BCUT2D eigenvalue weighted by Gasteiger charge is -2.14. The number of benzene rings is 1. The number of pyridine rings is 2. The Morgan fingerprint density at radius 2 is 1.10 bits per heavy atom. The molecule has 0 aliphatic carbocycles. The van der Waals surface area contributed by atoms with Crippen LogP contribution >= 0.6 is 0 Å².